The van der Waals surface area contributed by atoms with E-state index in [9.17, 15) is 25.6 Å². The lowest BCUT2D eigenvalue weighted by Crippen LogP contribution is -2.31. The number of aromatic nitrogens is 2. The first kappa shape index (κ1) is 19.2. The summed E-state index contributed by atoms with van der Waals surface area (Å²) in [6.45, 7) is -0.497. The molecule has 0 atom stereocenters. The largest absolute Gasteiger partial charge is 0.283 e. The SMILES string of the molecule is O=S(=O)(CCNS(=O)(=O)c1ccc(F)cc1F)Nc1ccn2nccc2c1. The number of pyridine rings is 1. The Labute approximate surface area is 153 Å². The van der Waals surface area contributed by atoms with Crippen LogP contribution in [0.4, 0.5) is 14.5 Å². The molecule has 144 valence electrons. The maximum absolute atomic E-state index is 13.6. The van der Waals surface area contributed by atoms with Crippen molar-refractivity contribution in [1.29, 1.82) is 0 Å². The Morgan fingerprint density at radius 3 is 2.56 bits per heavy atom. The third-order valence-electron chi connectivity index (χ3n) is 3.52. The molecule has 0 aliphatic carbocycles. The third kappa shape index (κ3) is 4.59. The number of hydrogen-bond acceptors (Lipinski definition) is 5. The van der Waals surface area contributed by atoms with Crippen LogP contribution < -0.4 is 9.44 Å². The van der Waals surface area contributed by atoms with Crippen LogP contribution in [-0.4, -0.2) is 38.7 Å². The zero-order chi connectivity index (χ0) is 19.7. The van der Waals surface area contributed by atoms with E-state index in [1.807, 2.05) is 4.72 Å². The number of hydrogen-bond donors (Lipinski definition) is 2. The minimum atomic E-state index is -4.32. The smallest absolute Gasteiger partial charge is 0.243 e. The van der Waals surface area contributed by atoms with Gasteiger partial charge in [0.1, 0.15) is 16.5 Å². The van der Waals surface area contributed by atoms with Gasteiger partial charge in [0.2, 0.25) is 20.0 Å². The van der Waals surface area contributed by atoms with E-state index >= 15 is 0 Å². The maximum Gasteiger partial charge on any atom is 0.243 e. The van der Waals surface area contributed by atoms with Crippen LogP contribution in [0, 0.1) is 11.6 Å². The normalized spacial score (nSPS) is 12.4. The molecular formula is C15H14F2N4O4S2. The number of fused-ring (bicyclic) bond motifs is 1. The first-order valence-corrected chi connectivity index (χ1v) is 10.7. The van der Waals surface area contributed by atoms with Crippen LogP contribution in [0.1, 0.15) is 0 Å². The number of sulfonamides is 2. The molecule has 0 fully saturated rings. The Bertz CT molecular complexity index is 1190. The van der Waals surface area contributed by atoms with Crippen LogP contribution in [0.2, 0.25) is 0 Å². The number of halogens is 2. The Morgan fingerprint density at radius 2 is 1.81 bits per heavy atom. The zero-order valence-corrected chi connectivity index (χ0v) is 15.3. The van der Waals surface area contributed by atoms with Crippen LogP contribution in [0.25, 0.3) is 5.52 Å². The van der Waals surface area contributed by atoms with Crippen LogP contribution in [0.15, 0.2) is 53.7 Å². The average Bonchev–Trinajstić information content (AvgIpc) is 3.01. The van der Waals surface area contributed by atoms with Crippen LogP contribution >= 0.6 is 0 Å². The monoisotopic (exact) mass is 416 g/mol. The van der Waals surface area contributed by atoms with Gasteiger partial charge in [-0.05, 0) is 30.3 Å². The number of nitrogens with zero attached hydrogens (tertiary/aromatic N) is 2. The average molecular weight is 416 g/mol. The van der Waals surface area contributed by atoms with E-state index < -0.39 is 48.9 Å². The van der Waals surface area contributed by atoms with Gasteiger partial charge in [-0.2, -0.15) is 5.10 Å². The molecule has 12 heteroatoms. The van der Waals surface area contributed by atoms with Crippen LogP contribution in [0.5, 0.6) is 0 Å². The molecule has 2 heterocycles. The summed E-state index contributed by atoms with van der Waals surface area (Å²) in [5, 5.41) is 3.98. The first-order valence-electron chi connectivity index (χ1n) is 7.55. The summed E-state index contributed by atoms with van der Waals surface area (Å²) < 4.78 is 80.6. The van der Waals surface area contributed by atoms with Gasteiger partial charge in [0.25, 0.3) is 0 Å². The molecule has 27 heavy (non-hydrogen) atoms. The van der Waals surface area contributed by atoms with Crippen molar-refractivity contribution < 1.29 is 25.6 Å². The highest BCUT2D eigenvalue weighted by Gasteiger charge is 2.20. The standard InChI is InChI=1S/C15H14F2N4O4S2/c16-11-1-2-15(14(17)9-11)27(24,25)19-6-8-26(22,23)20-12-4-7-21-13(10-12)3-5-18-21/h1-5,7,9-10,19-20H,6,8H2. The molecule has 0 amide bonds. The van der Waals surface area contributed by atoms with E-state index in [0.717, 1.165) is 12.1 Å². The molecule has 3 rings (SSSR count). The fraction of sp³-hybridized carbons (Fsp3) is 0.133. The highest BCUT2D eigenvalue weighted by atomic mass is 32.2. The summed E-state index contributed by atoms with van der Waals surface area (Å²) in [5.74, 6) is -2.77. The van der Waals surface area contributed by atoms with E-state index in [2.05, 4.69) is 9.82 Å². The van der Waals surface area contributed by atoms with Gasteiger partial charge in [-0.3, -0.25) is 4.72 Å². The summed E-state index contributed by atoms with van der Waals surface area (Å²) in [4.78, 5) is -0.763. The van der Waals surface area contributed by atoms with E-state index in [-0.39, 0.29) is 5.69 Å². The Hall–Kier alpha value is -2.57. The first-order chi connectivity index (χ1) is 12.7. The summed E-state index contributed by atoms with van der Waals surface area (Å²) in [6, 6.07) is 6.73. The summed E-state index contributed by atoms with van der Waals surface area (Å²) in [7, 11) is -8.19. The quantitative estimate of drug-likeness (QED) is 0.604. The topological polar surface area (TPSA) is 110 Å². The molecule has 0 saturated carbocycles. The molecule has 8 nitrogen and oxygen atoms in total. The van der Waals surface area contributed by atoms with Gasteiger partial charge >= 0.3 is 0 Å². The Kier molecular flexibility index (Phi) is 5.13. The lowest BCUT2D eigenvalue weighted by atomic mass is 10.3. The second-order valence-corrected chi connectivity index (χ2v) is 9.09. The third-order valence-corrected chi connectivity index (χ3v) is 6.30. The summed E-state index contributed by atoms with van der Waals surface area (Å²) in [5.41, 5.74) is 0.957. The predicted octanol–water partition coefficient (Wildman–Crippen LogP) is 1.33. The molecule has 2 aromatic heterocycles. The molecule has 3 aromatic rings. The van der Waals surface area contributed by atoms with E-state index in [1.54, 1.807) is 29.0 Å². The second-order valence-electron chi connectivity index (χ2n) is 5.51. The summed E-state index contributed by atoms with van der Waals surface area (Å²) >= 11 is 0. The van der Waals surface area contributed by atoms with Crippen molar-refractivity contribution in [1.82, 2.24) is 14.3 Å². The van der Waals surface area contributed by atoms with Crippen molar-refractivity contribution in [3.63, 3.8) is 0 Å². The second kappa shape index (κ2) is 7.21. The van der Waals surface area contributed by atoms with Crippen molar-refractivity contribution in [3.8, 4) is 0 Å². The minimum absolute atomic E-state index is 0.287. The van der Waals surface area contributed by atoms with Crippen molar-refractivity contribution in [3.05, 3.63) is 60.4 Å². The fourth-order valence-corrected chi connectivity index (χ4v) is 4.47. The maximum atomic E-state index is 13.6. The number of anilines is 1. The highest BCUT2D eigenvalue weighted by Crippen LogP contribution is 2.16. The molecule has 2 N–H and O–H groups in total. The van der Waals surface area contributed by atoms with Gasteiger partial charge in [0.05, 0.1) is 17.0 Å². The molecule has 0 bridgehead atoms. The van der Waals surface area contributed by atoms with E-state index in [4.69, 9.17) is 0 Å². The molecule has 0 aliphatic rings. The molecule has 0 saturated heterocycles. The molecular weight excluding hydrogens is 402 g/mol. The van der Waals surface area contributed by atoms with Crippen molar-refractivity contribution in [2.24, 2.45) is 0 Å². The fourth-order valence-electron chi connectivity index (χ4n) is 2.30. The number of rotatable bonds is 7. The van der Waals surface area contributed by atoms with Crippen LogP contribution in [0.3, 0.4) is 0 Å². The molecule has 1 aromatic carbocycles. The number of nitrogens with one attached hydrogen (secondary N) is 2. The number of benzene rings is 1. The van der Waals surface area contributed by atoms with E-state index in [1.165, 1.54) is 6.07 Å². The Morgan fingerprint density at radius 1 is 1.04 bits per heavy atom. The van der Waals surface area contributed by atoms with Gasteiger partial charge in [-0.25, -0.2) is 34.9 Å². The van der Waals surface area contributed by atoms with E-state index in [0.29, 0.717) is 11.6 Å². The molecule has 0 unspecified atom stereocenters. The summed E-state index contributed by atoms with van der Waals surface area (Å²) in [6.07, 6.45) is 3.12. The molecule has 0 radical (unpaired) electrons. The van der Waals surface area contributed by atoms with Gasteiger partial charge in [0.15, 0.2) is 0 Å². The van der Waals surface area contributed by atoms with Gasteiger partial charge < -0.3 is 0 Å². The van der Waals surface area contributed by atoms with Gasteiger partial charge in [-0.15, -0.1) is 0 Å². The lowest BCUT2D eigenvalue weighted by molar-refractivity contribution is 0.544. The van der Waals surface area contributed by atoms with Gasteiger partial charge in [0, 0.05) is 25.0 Å². The predicted molar refractivity (Wildman–Crippen MR) is 94.1 cm³/mol. The molecule has 0 spiro atoms. The van der Waals surface area contributed by atoms with Crippen molar-refractivity contribution in [2.45, 2.75) is 4.90 Å². The minimum Gasteiger partial charge on any atom is -0.283 e. The van der Waals surface area contributed by atoms with Crippen molar-refractivity contribution in [2.75, 3.05) is 17.0 Å². The zero-order valence-electron chi connectivity index (χ0n) is 13.6. The van der Waals surface area contributed by atoms with Crippen molar-refractivity contribution >= 4 is 31.3 Å². The van der Waals surface area contributed by atoms with Crippen LogP contribution in [-0.2, 0) is 20.0 Å². The highest BCUT2D eigenvalue weighted by molar-refractivity contribution is 7.92. The molecule has 0 aliphatic heterocycles. The van der Waals surface area contributed by atoms with Gasteiger partial charge in [-0.1, -0.05) is 0 Å². The Balaban J connectivity index is 1.64. The lowest BCUT2D eigenvalue weighted by Gasteiger charge is -2.10.